The molecule has 0 saturated heterocycles. The largest absolute Gasteiger partial charge is 0.484 e. The molecule has 6 rings (SSSR count). The summed E-state index contributed by atoms with van der Waals surface area (Å²) >= 11 is 0. The highest BCUT2D eigenvalue weighted by atomic mass is 16.5. The average molecular weight is 434 g/mol. The number of carbonyl (C=O) groups is 1. The number of ether oxygens (including phenoxy) is 1. The normalized spacial score (nSPS) is 17.1. The third kappa shape index (κ3) is 3.08. The molecule has 4 aromatic carbocycles. The van der Waals surface area contributed by atoms with Crippen molar-refractivity contribution in [2.45, 2.75) is 32.0 Å². The molecular weight excluding hydrogens is 412 g/mol. The molecule has 0 fully saturated rings. The lowest BCUT2D eigenvalue weighted by atomic mass is 9.88. The van der Waals surface area contributed by atoms with Gasteiger partial charge in [-0.3, -0.25) is 4.79 Å². The van der Waals surface area contributed by atoms with Crippen LogP contribution in [0.3, 0.4) is 0 Å². The number of aromatic nitrogens is 2. The Labute approximate surface area is 190 Å². The molecular formula is C28H22N2O3. The number of benzene rings is 4. The summed E-state index contributed by atoms with van der Waals surface area (Å²) in [6.07, 6.45) is -0.216. The molecule has 1 aromatic heterocycles. The van der Waals surface area contributed by atoms with E-state index < -0.39 is 11.7 Å². The molecule has 162 valence electrons. The summed E-state index contributed by atoms with van der Waals surface area (Å²) in [5.74, 6) is 0.714. The van der Waals surface area contributed by atoms with Crippen LogP contribution in [0.4, 0.5) is 0 Å². The van der Waals surface area contributed by atoms with Gasteiger partial charge in [-0.2, -0.15) is 0 Å². The van der Waals surface area contributed by atoms with Gasteiger partial charge in [-0.25, -0.2) is 9.97 Å². The molecule has 0 saturated carbocycles. The Balaban J connectivity index is 1.61. The topological polar surface area (TPSA) is 72.3 Å². The molecule has 1 unspecified atom stereocenters. The molecule has 0 amide bonds. The summed E-state index contributed by atoms with van der Waals surface area (Å²) in [6, 6.07) is 22.6. The predicted octanol–water partition coefficient (Wildman–Crippen LogP) is 5.24. The molecule has 33 heavy (non-hydrogen) atoms. The van der Waals surface area contributed by atoms with E-state index in [0.29, 0.717) is 28.6 Å². The van der Waals surface area contributed by atoms with Crippen molar-refractivity contribution in [3.8, 4) is 5.75 Å². The summed E-state index contributed by atoms with van der Waals surface area (Å²) in [5, 5.41) is 12.6. The van der Waals surface area contributed by atoms with Gasteiger partial charge >= 0.3 is 0 Å². The highest BCUT2D eigenvalue weighted by Gasteiger charge is 2.38. The fourth-order valence-electron chi connectivity index (χ4n) is 4.58. The van der Waals surface area contributed by atoms with E-state index in [1.54, 1.807) is 12.1 Å². The van der Waals surface area contributed by atoms with Crippen molar-refractivity contribution in [2.24, 2.45) is 0 Å². The lowest BCUT2D eigenvalue weighted by Crippen LogP contribution is -2.46. The maximum atomic E-state index is 13.0. The first kappa shape index (κ1) is 19.8. The number of carbonyl (C=O) groups excluding carboxylic acids is 1. The van der Waals surface area contributed by atoms with Gasteiger partial charge < -0.3 is 9.84 Å². The molecule has 0 spiro atoms. The second-order valence-corrected chi connectivity index (χ2v) is 9.10. The molecule has 5 heteroatoms. The Morgan fingerprint density at radius 2 is 1.58 bits per heavy atom. The fourth-order valence-corrected chi connectivity index (χ4v) is 4.58. The van der Waals surface area contributed by atoms with Crippen molar-refractivity contribution in [1.82, 2.24) is 9.97 Å². The number of aliphatic hydroxyl groups is 1. The molecule has 0 aliphatic carbocycles. The Kier molecular flexibility index (Phi) is 4.26. The first-order valence-electron chi connectivity index (χ1n) is 11.0. The van der Waals surface area contributed by atoms with Crippen molar-refractivity contribution in [1.29, 1.82) is 0 Å². The monoisotopic (exact) mass is 434 g/mol. The van der Waals surface area contributed by atoms with Crippen LogP contribution in [0.1, 0.15) is 35.3 Å². The number of hydrogen-bond donors (Lipinski definition) is 1. The molecule has 5 nitrogen and oxygen atoms in total. The summed E-state index contributed by atoms with van der Waals surface area (Å²) in [5.41, 5.74) is 4.22. The fraction of sp³-hybridized carbons (Fsp3) is 0.179. The summed E-state index contributed by atoms with van der Waals surface area (Å²) in [6.45, 7) is 3.80. The zero-order valence-electron chi connectivity index (χ0n) is 18.4. The van der Waals surface area contributed by atoms with Crippen LogP contribution in [0, 0.1) is 0 Å². The van der Waals surface area contributed by atoms with Crippen molar-refractivity contribution < 1.29 is 14.6 Å². The third-order valence-electron chi connectivity index (χ3n) is 6.51. The predicted molar refractivity (Wildman–Crippen MR) is 129 cm³/mol. The number of ketones is 1. The van der Waals surface area contributed by atoms with Crippen molar-refractivity contribution in [2.75, 3.05) is 0 Å². The van der Waals surface area contributed by atoms with Gasteiger partial charge in [0.25, 0.3) is 0 Å². The Bertz CT molecular complexity index is 1580. The van der Waals surface area contributed by atoms with E-state index >= 15 is 0 Å². The highest BCUT2D eigenvalue weighted by molar-refractivity contribution is 6.13. The molecule has 0 radical (unpaired) electrons. The summed E-state index contributed by atoms with van der Waals surface area (Å²) < 4.78 is 6.30. The number of rotatable bonds is 2. The van der Waals surface area contributed by atoms with E-state index in [4.69, 9.17) is 14.7 Å². The molecule has 1 aliphatic rings. The first-order valence-corrected chi connectivity index (χ1v) is 11.0. The van der Waals surface area contributed by atoms with Gasteiger partial charge in [-0.1, -0.05) is 54.6 Å². The van der Waals surface area contributed by atoms with Crippen LogP contribution in [0.15, 0.2) is 72.8 Å². The number of nitrogens with zero attached hydrogens (tertiary/aromatic N) is 2. The number of aliphatic hydroxyl groups excluding tert-OH is 1. The van der Waals surface area contributed by atoms with E-state index in [1.807, 2.05) is 74.5 Å². The minimum atomic E-state index is -0.694. The molecule has 5 aromatic rings. The van der Waals surface area contributed by atoms with Crippen LogP contribution in [0.5, 0.6) is 5.75 Å². The first-order chi connectivity index (χ1) is 15.9. The van der Waals surface area contributed by atoms with E-state index in [1.165, 1.54) is 0 Å². The lowest BCUT2D eigenvalue weighted by molar-refractivity contribution is -0.0396. The second-order valence-electron chi connectivity index (χ2n) is 9.10. The third-order valence-corrected chi connectivity index (χ3v) is 6.51. The number of hydrogen-bond acceptors (Lipinski definition) is 5. The smallest absolute Gasteiger partial charge is 0.193 e. The van der Waals surface area contributed by atoms with E-state index in [-0.39, 0.29) is 5.78 Å². The maximum Gasteiger partial charge on any atom is 0.193 e. The molecule has 1 aliphatic heterocycles. The van der Waals surface area contributed by atoms with Crippen LogP contribution in [-0.2, 0) is 6.42 Å². The van der Waals surface area contributed by atoms with Gasteiger partial charge in [0, 0.05) is 33.9 Å². The highest BCUT2D eigenvalue weighted by Crippen LogP contribution is 2.43. The van der Waals surface area contributed by atoms with Gasteiger partial charge in [0.1, 0.15) is 11.4 Å². The van der Waals surface area contributed by atoms with Crippen LogP contribution < -0.4 is 4.74 Å². The van der Waals surface area contributed by atoms with Crippen LogP contribution in [0.25, 0.3) is 32.8 Å². The molecule has 1 N–H and O–H groups in total. The molecule has 2 heterocycles. The van der Waals surface area contributed by atoms with Crippen molar-refractivity contribution >= 4 is 38.6 Å². The van der Waals surface area contributed by atoms with Gasteiger partial charge in [-0.05, 0) is 32.0 Å². The van der Waals surface area contributed by atoms with Crippen molar-refractivity contribution in [3.05, 3.63) is 89.5 Å². The molecule has 1 atom stereocenters. The Hall–Kier alpha value is -3.83. The zero-order valence-corrected chi connectivity index (χ0v) is 18.4. The van der Waals surface area contributed by atoms with Gasteiger partial charge in [-0.15, -0.1) is 0 Å². The second kappa shape index (κ2) is 7.09. The zero-order chi connectivity index (χ0) is 22.7. The minimum absolute atomic E-state index is 0.0477. The van der Waals surface area contributed by atoms with Crippen LogP contribution in [-0.4, -0.2) is 32.6 Å². The van der Waals surface area contributed by atoms with E-state index in [0.717, 1.165) is 33.1 Å². The standard InChI is InChI=1S/C28H22N2O3/c1-28(2)23(31)15-20-25-24(18-10-6-7-11-19(18)27(20)33-28)30-22-14-17(12-13-21(22)29-25)26(32)16-8-4-3-5-9-16/h3-14,23,31H,15H2,1-2H3. The average Bonchev–Trinajstić information content (AvgIpc) is 2.84. The van der Waals surface area contributed by atoms with E-state index in [9.17, 15) is 9.90 Å². The Morgan fingerprint density at radius 1 is 0.879 bits per heavy atom. The van der Waals surface area contributed by atoms with Crippen molar-refractivity contribution in [3.63, 3.8) is 0 Å². The maximum absolute atomic E-state index is 13.0. The summed E-state index contributed by atoms with van der Waals surface area (Å²) in [4.78, 5) is 22.9. The minimum Gasteiger partial charge on any atom is -0.484 e. The Morgan fingerprint density at radius 3 is 2.36 bits per heavy atom. The van der Waals surface area contributed by atoms with Crippen LogP contribution >= 0.6 is 0 Å². The number of fused-ring (bicyclic) bond motifs is 7. The van der Waals surface area contributed by atoms with Gasteiger partial charge in [0.15, 0.2) is 5.78 Å². The van der Waals surface area contributed by atoms with Crippen LogP contribution in [0.2, 0.25) is 0 Å². The van der Waals surface area contributed by atoms with Gasteiger partial charge in [0.2, 0.25) is 0 Å². The lowest BCUT2D eigenvalue weighted by Gasteiger charge is -2.38. The van der Waals surface area contributed by atoms with E-state index in [2.05, 4.69) is 0 Å². The van der Waals surface area contributed by atoms with Gasteiger partial charge in [0.05, 0.1) is 28.2 Å². The molecule has 0 bridgehead atoms. The SMILES string of the molecule is CC1(C)Oc2c(c3nc4ccc(C(=O)c5ccccc5)cc4nc3c3ccccc23)CC1O. The quantitative estimate of drug-likeness (QED) is 0.234. The summed E-state index contributed by atoms with van der Waals surface area (Å²) in [7, 11) is 0.